The molecule has 0 heterocycles. The minimum absolute atomic E-state index is 0.0201. The lowest BCUT2D eigenvalue weighted by Crippen LogP contribution is -1.94. The molecule has 0 bridgehead atoms. The van der Waals surface area contributed by atoms with Crippen molar-refractivity contribution in [2.75, 3.05) is 0 Å². The maximum absolute atomic E-state index is 10.6. The molecule has 0 radical (unpaired) electrons. The zero-order valence-corrected chi connectivity index (χ0v) is 15.4. The third kappa shape index (κ3) is 2.60. The van der Waals surface area contributed by atoms with Crippen molar-refractivity contribution in [1.82, 2.24) is 0 Å². The van der Waals surface area contributed by atoms with Gasteiger partial charge >= 0.3 is 0 Å². The number of rotatable bonds is 2. The number of hydrogen-bond donors (Lipinski definition) is 7. The van der Waals surface area contributed by atoms with Crippen LogP contribution in [-0.2, 0) is 0 Å². The average Bonchev–Trinajstić information content (AvgIpc) is 2.67. The second-order valence-electron chi connectivity index (χ2n) is 6.64. The summed E-state index contributed by atoms with van der Waals surface area (Å²) in [7, 11) is 0. The number of aromatic hydroxyl groups is 7. The van der Waals surface area contributed by atoms with E-state index in [4.69, 9.17) is 0 Å². The third-order valence-electron chi connectivity index (χ3n) is 5.09. The summed E-state index contributed by atoms with van der Waals surface area (Å²) in [6.45, 7) is 4.82. The van der Waals surface area contributed by atoms with Crippen LogP contribution in [0.3, 0.4) is 0 Å². The lowest BCUT2D eigenvalue weighted by atomic mass is 9.89. The van der Waals surface area contributed by atoms with E-state index < -0.39 is 28.7 Å². The lowest BCUT2D eigenvalue weighted by Gasteiger charge is -2.18. The van der Waals surface area contributed by atoms with Crippen LogP contribution in [0, 0.1) is 20.8 Å². The summed E-state index contributed by atoms with van der Waals surface area (Å²) in [5.74, 6) is -4.00. The van der Waals surface area contributed by atoms with Gasteiger partial charge in [0, 0.05) is 11.1 Å². The molecule has 7 N–H and O–H groups in total. The van der Waals surface area contributed by atoms with Gasteiger partial charge in [0.05, 0.1) is 5.56 Å². The maximum atomic E-state index is 10.6. The Balaban J connectivity index is 2.35. The van der Waals surface area contributed by atoms with Crippen LogP contribution >= 0.6 is 0 Å². The van der Waals surface area contributed by atoms with Gasteiger partial charge in [-0.2, -0.15) is 0 Å². The Hall–Kier alpha value is -3.74. The predicted molar refractivity (Wildman–Crippen MR) is 103 cm³/mol. The molecule has 7 heteroatoms. The Kier molecular flexibility index (Phi) is 4.39. The van der Waals surface area contributed by atoms with E-state index in [-0.39, 0.29) is 22.6 Å². The SMILES string of the molecule is Cc1c(-c2cc(O)c(O)c(O)c2O)cccc1-c1c(O)c(C)c(C)c(O)c1O. The normalized spacial score (nSPS) is 11.0. The van der Waals surface area contributed by atoms with E-state index in [1.807, 2.05) is 0 Å². The highest BCUT2D eigenvalue weighted by atomic mass is 16.3. The Morgan fingerprint density at radius 3 is 1.71 bits per heavy atom. The topological polar surface area (TPSA) is 142 Å². The van der Waals surface area contributed by atoms with Gasteiger partial charge in [-0.05, 0) is 49.1 Å². The molecule has 0 atom stereocenters. The Morgan fingerprint density at radius 2 is 1.07 bits per heavy atom. The summed E-state index contributed by atoms with van der Waals surface area (Å²) >= 11 is 0. The Bertz CT molecular complexity index is 1090. The van der Waals surface area contributed by atoms with Crippen molar-refractivity contribution in [3.05, 3.63) is 41.0 Å². The molecule has 0 aliphatic carbocycles. The first-order valence-corrected chi connectivity index (χ1v) is 8.39. The fourth-order valence-corrected chi connectivity index (χ4v) is 3.24. The first kappa shape index (κ1) is 19.0. The highest BCUT2D eigenvalue weighted by molar-refractivity contribution is 5.89. The molecule has 0 aliphatic heterocycles. The van der Waals surface area contributed by atoms with Crippen molar-refractivity contribution < 1.29 is 35.7 Å². The van der Waals surface area contributed by atoms with E-state index in [1.54, 1.807) is 39.0 Å². The Morgan fingerprint density at radius 1 is 0.500 bits per heavy atom. The highest BCUT2D eigenvalue weighted by Crippen LogP contribution is 2.52. The molecule has 0 fully saturated rings. The van der Waals surface area contributed by atoms with Gasteiger partial charge in [-0.25, -0.2) is 0 Å². The van der Waals surface area contributed by atoms with Crippen LogP contribution in [0.15, 0.2) is 24.3 Å². The summed E-state index contributed by atoms with van der Waals surface area (Å²) in [4.78, 5) is 0. The molecule has 28 heavy (non-hydrogen) atoms. The molecular formula is C21H20O7. The van der Waals surface area contributed by atoms with E-state index in [1.165, 1.54) is 0 Å². The zero-order valence-electron chi connectivity index (χ0n) is 15.4. The van der Waals surface area contributed by atoms with Gasteiger partial charge in [0.25, 0.3) is 0 Å². The van der Waals surface area contributed by atoms with E-state index in [9.17, 15) is 35.7 Å². The molecule has 3 rings (SSSR count). The van der Waals surface area contributed by atoms with Crippen LogP contribution in [-0.4, -0.2) is 35.7 Å². The number of phenolic OH excluding ortho intramolecular Hbond substituents is 7. The molecule has 3 aromatic rings. The summed E-state index contributed by atoms with van der Waals surface area (Å²) in [6, 6.07) is 5.88. The number of phenols is 7. The van der Waals surface area contributed by atoms with Crippen molar-refractivity contribution in [2.45, 2.75) is 20.8 Å². The molecule has 0 aliphatic rings. The largest absolute Gasteiger partial charge is 0.507 e. The molecule has 0 spiro atoms. The van der Waals surface area contributed by atoms with Gasteiger partial charge in [0.2, 0.25) is 11.5 Å². The highest BCUT2D eigenvalue weighted by Gasteiger charge is 2.24. The lowest BCUT2D eigenvalue weighted by molar-refractivity contribution is 0.347. The smallest absolute Gasteiger partial charge is 0.204 e. The minimum atomic E-state index is -0.866. The van der Waals surface area contributed by atoms with E-state index >= 15 is 0 Å². The molecule has 0 unspecified atom stereocenters. The number of hydrogen-bond acceptors (Lipinski definition) is 7. The molecular weight excluding hydrogens is 364 g/mol. The molecule has 7 nitrogen and oxygen atoms in total. The monoisotopic (exact) mass is 384 g/mol. The van der Waals surface area contributed by atoms with Gasteiger partial charge in [-0.1, -0.05) is 18.2 Å². The van der Waals surface area contributed by atoms with Crippen molar-refractivity contribution >= 4 is 0 Å². The van der Waals surface area contributed by atoms with Crippen LogP contribution < -0.4 is 0 Å². The fraction of sp³-hybridized carbons (Fsp3) is 0.143. The fourth-order valence-electron chi connectivity index (χ4n) is 3.24. The van der Waals surface area contributed by atoms with Gasteiger partial charge in [0.15, 0.2) is 23.0 Å². The second-order valence-corrected chi connectivity index (χ2v) is 6.64. The first-order chi connectivity index (χ1) is 13.1. The van der Waals surface area contributed by atoms with E-state index in [0.29, 0.717) is 27.8 Å². The van der Waals surface area contributed by atoms with Crippen LogP contribution in [0.1, 0.15) is 16.7 Å². The minimum Gasteiger partial charge on any atom is -0.507 e. The van der Waals surface area contributed by atoms with Crippen molar-refractivity contribution in [3.63, 3.8) is 0 Å². The molecule has 0 saturated heterocycles. The standard InChI is InChI=1S/C21H20O7/c1-8-9(2)17(24)20(27)15(16(8)23)12-6-4-5-11(10(12)3)13-7-14(22)19(26)21(28)18(13)25/h4-7,22-28H,1-3H3. The summed E-state index contributed by atoms with van der Waals surface area (Å²) in [6.07, 6.45) is 0. The molecule has 0 amide bonds. The van der Waals surface area contributed by atoms with Crippen LogP contribution in [0.5, 0.6) is 40.2 Å². The Labute approximate surface area is 160 Å². The quantitative estimate of drug-likeness (QED) is 0.262. The summed E-state index contributed by atoms with van der Waals surface area (Å²) in [5.41, 5.74) is 2.03. The second kappa shape index (κ2) is 6.45. The zero-order chi connectivity index (χ0) is 20.9. The predicted octanol–water partition coefficient (Wildman–Crippen LogP) is 3.89. The van der Waals surface area contributed by atoms with Gasteiger partial charge in [0.1, 0.15) is 5.75 Å². The molecule has 146 valence electrons. The number of benzene rings is 3. The van der Waals surface area contributed by atoms with Gasteiger partial charge < -0.3 is 35.7 Å². The molecule has 0 saturated carbocycles. The van der Waals surface area contributed by atoms with Crippen LogP contribution in [0.2, 0.25) is 0 Å². The van der Waals surface area contributed by atoms with Gasteiger partial charge in [-0.15, -0.1) is 0 Å². The van der Waals surface area contributed by atoms with E-state index in [0.717, 1.165) is 6.07 Å². The third-order valence-corrected chi connectivity index (χ3v) is 5.09. The van der Waals surface area contributed by atoms with E-state index in [2.05, 4.69) is 0 Å². The van der Waals surface area contributed by atoms with Crippen LogP contribution in [0.25, 0.3) is 22.3 Å². The summed E-state index contributed by atoms with van der Waals surface area (Å²) < 4.78 is 0. The summed E-state index contributed by atoms with van der Waals surface area (Å²) in [5, 5.41) is 70.6. The maximum Gasteiger partial charge on any atom is 0.204 e. The van der Waals surface area contributed by atoms with Crippen molar-refractivity contribution in [1.29, 1.82) is 0 Å². The molecule has 3 aromatic carbocycles. The van der Waals surface area contributed by atoms with Crippen molar-refractivity contribution in [3.8, 4) is 62.5 Å². The van der Waals surface area contributed by atoms with Crippen molar-refractivity contribution in [2.24, 2.45) is 0 Å². The van der Waals surface area contributed by atoms with Crippen LogP contribution in [0.4, 0.5) is 0 Å². The molecule has 0 aromatic heterocycles. The average molecular weight is 384 g/mol. The van der Waals surface area contributed by atoms with Gasteiger partial charge in [-0.3, -0.25) is 0 Å². The first-order valence-electron chi connectivity index (χ1n) is 8.39.